The molecule has 0 radical (unpaired) electrons. The van der Waals surface area contributed by atoms with Crippen molar-refractivity contribution in [3.63, 3.8) is 0 Å². The van der Waals surface area contributed by atoms with E-state index in [4.69, 9.17) is 4.42 Å². The Balaban J connectivity index is 1.55. The third-order valence-corrected chi connectivity index (χ3v) is 7.62. The monoisotopic (exact) mass is 572 g/mol. The number of pyridine rings is 1. The van der Waals surface area contributed by atoms with Crippen molar-refractivity contribution in [3.8, 4) is 11.5 Å². The van der Waals surface area contributed by atoms with E-state index in [1.165, 1.54) is 36.7 Å². The molecule has 2 aromatic heterocycles. The molecule has 0 bridgehead atoms. The molecule has 0 spiro atoms. The van der Waals surface area contributed by atoms with Crippen LogP contribution in [0.3, 0.4) is 0 Å². The summed E-state index contributed by atoms with van der Waals surface area (Å²) in [6.45, 7) is 1.94. The Morgan fingerprint density at radius 3 is 2.20 bits per heavy atom. The average Bonchev–Trinajstić information content (AvgIpc) is 3.26. The molecule has 4 rings (SSSR count). The van der Waals surface area contributed by atoms with Gasteiger partial charge in [0.05, 0.1) is 17.1 Å². The van der Waals surface area contributed by atoms with Crippen molar-refractivity contribution >= 4 is 21.4 Å². The lowest BCUT2D eigenvalue weighted by Gasteiger charge is -2.24. The van der Waals surface area contributed by atoms with E-state index in [1.807, 2.05) is 19.0 Å². The zero-order valence-electron chi connectivity index (χ0n) is 22.0. The van der Waals surface area contributed by atoms with Gasteiger partial charge in [-0.1, -0.05) is 18.2 Å². The van der Waals surface area contributed by atoms with Crippen molar-refractivity contribution < 1.29 is 30.8 Å². The number of carbonyl (C=O) groups excluding carboxylic acids is 1. The first-order chi connectivity index (χ1) is 18.8. The molecule has 0 unspecified atom stereocenters. The van der Waals surface area contributed by atoms with Crippen molar-refractivity contribution in [3.05, 3.63) is 95.6 Å². The van der Waals surface area contributed by atoms with Crippen LogP contribution < -0.4 is 4.90 Å². The number of benzene rings is 2. The van der Waals surface area contributed by atoms with E-state index in [0.717, 1.165) is 5.56 Å². The minimum atomic E-state index is -5.08. The lowest BCUT2D eigenvalue weighted by Crippen LogP contribution is -2.40. The first-order valence-electron chi connectivity index (χ1n) is 12.1. The van der Waals surface area contributed by atoms with Gasteiger partial charge in [-0.15, -0.1) is 0 Å². The number of aromatic nitrogens is 2. The van der Waals surface area contributed by atoms with Gasteiger partial charge in [-0.3, -0.25) is 9.78 Å². The average molecular weight is 573 g/mol. The SMILES string of the molecule is Cc1oc(-c2ccc(N(Cc3cccnc3)C(=O)C(F)(F)F)cc2)nc1CS(=O)(=O)c1ccc(CN(C)C)cc1. The van der Waals surface area contributed by atoms with Crippen molar-refractivity contribution in [2.45, 2.75) is 36.8 Å². The molecular weight excluding hydrogens is 545 g/mol. The minimum Gasteiger partial charge on any atom is -0.441 e. The van der Waals surface area contributed by atoms with E-state index in [9.17, 15) is 26.4 Å². The number of amides is 1. The summed E-state index contributed by atoms with van der Waals surface area (Å²) in [5.74, 6) is -1.99. The molecule has 0 aliphatic carbocycles. The van der Waals surface area contributed by atoms with Crippen LogP contribution in [0.4, 0.5) is 18.9 Å². The summed E-state index contributed by atoms with van der Waals surface area (Å²) in [5.41, 5.74) is 2.04. The van der Waals surface area contributed by atoms with Gasteiger partial charge < -0.3 is 14.2 Å². The van der Waals surface area contributed by atoms with Crippen LogP contribution >= 0.6 is 0 Å². The first kappa shape index (κ1) is 29.0. The maximum Gasteiger partial charge on any atom is 0.471 e. The summed E-state index contributed by atoms with van der Waals surface area (Å²) in [6, 6.07) is 15.4. The summed E-state index contributed by atoms with van der Waals surface area (Å²) in [5, 5.41) is 0. The number of sulfone groups is 1. The first-order valence-corrected chi connectivity index (χ1v) is 13.8. The van der Waals surface area contributed by atoms with E-state index in [2.05, 4.69) is 9.97 Å². The molecule has 0 aliphatic heterocycles. The standard InChI is InChI=1S/C28H27F3N4O4S/c1-19-25(18-40(37,38)24-12-6-20(7-13-24)16-34(2)3)33-26(39-19)22-8-10-23(11-9-22)35(27(36)28(29,30)31)17-21-5-4-14-32-15-21/h4-15H,16-18H2,1-3H3. The molecule has 0 atom stereocenters. The molecule has 1 amide bonds. The smallest absolute Gasteiger partial charge is 0.441 e. The van der Waals surface area contributed by atoms with Gasteiger partial charge in [0.15, 0.2) is 9.84 Å². The molecule has 0 aliphatic rings. The van der Waals surface area contributed by atoms with E-state index in [1.54, 1.807) is 43.3 Å². The fraction of sp³-hybridized carbons (Fsp3) is 0.250. The molecule has 40 heavy (non-hydrogen) atoms. The van der Waals surface area contributed by atoms with E-state index < -0.39 is 21.9 Å². The Bertz CT molecular complexity index is 1570. The fourth-order valence-electron chi connectivity index (χ4n) is 4.01. The van der Waals surface area contributed by atoms with Crippen molar-refractivity contribution in [2.24, 2.45) is 0 Å². The summed E-state index contributed by atoms with van der Waals surface area (Å²) in [6.07, 6.45) is -2.21. The van der Waals surface area contributed by atoms with Gasteiger partial charge in [-0.25, -0.2) is 13.4 Å². The third kappa shape index (κ3) is 6.93. The lowest BCUT2D eigenvalue weighted by molar-refractivity contribution is -0.170. The normalized spacial score (nSPS) is 12.1. The Labute approximate surface area is 230 Å². The molecule has 0 fully saturated rings. The number of rotatable bonds is 9. The van der Waals surface area contributed by atoms with Crippen LogP contribution in [0.5, 0.6) is 0 Å². The lowest BCUT2D eigenvalue weighted by atomic mass is 10.1. The van der Waals surface area contributed by atoms with Crippen molar-refractivity contribution in [1.29, 1.82) is 0 Å². The van der Waals surface area contributed by atoms with Gasteiger partial charge in [0.1, 0.15) is 11.5 Å². The van der Waals surface area contributed by atoms with Crippen LogP contribution in [0, 0.1) is 6.92 Å². The van der Waals surface area contributed by atoms with Gasteiger partial charge >= 0.3 is 12.1 Å². The predicted molar refractivity (Wildman–Crippen MR) is 143 cm³/mol. The maximum absolute atomic E-state index is 13.3. The molecule has 0 saturated carbocycles. The number of hydrogen-bond donors (Lipinski definition) is 0. The number of hydrogen-bond acceptors (Lipinski definition) is 7. The Morgan fingerprint density at radius 2 is 1.62 bits per heavy atom. The van der Waals surface area contributed by atoms with Gasteiger partial charge in [0, 0.05) is 30.2 Å². The maximum atomic E-state index is 13.3. The predicted octanol–water partition coefficient (Wildman–Crippen LogP) is 5.18. The quantitative estimate of drug-likeness (QED) is 0.273. The summed E-state index contributed by atoms with van der Waals surface area (Å²) < 4.78 is 71.7. The van der Waals surface area contributed by atoms with E-state index in [-0.39, 0.29) is 34.5 Å². The largest absolute Gasteiger partial charge is 0.471 e. The number of oxazole rings is 1. The number of halogens is 3. The second-order valence-electron chi connectivity index (χ2n) is 9.46. The molecule has 2 aromatic carbocycles. The van der Waals surface area contributed by atoms with Crippen LogP contribution in [-0.4, -0.2) is 49.5 Å². The number of alkyl halides is 3. The molecule has 4 aromatic rings. The number of carbonyl (C=O) groups is 1. The topological polar surface area (TPSA) is 96.6 Å². The zero-order valence-corrected chi connectivity index (χ0v) is 22.8. The van der Waals surface area contributed by atoms with E-state index in [0.29, 0.717) is 28.3 Å². The Kier molecular flexibility index (Phi) is 8.40. The highest BCUT2D eigenvalue weighted by molar-refractivity contribution is 7.90. The van der Waals surface area contributed by atoms with E-state index >= 15 is 0 Å². The molecule has 0 N–H and O–H groups in total. The second-order valence-corrected chi connectivity index (χ2v) is 11.4. The van der Waals surface area contributed by atoms with Gasteiger partial charge in [-0.05, 0) is 74.6 Å². The Morgan fingerprint density at radius 1 is 0.950 bits per heavy atom. The van der Waals surface area contributed by atoms with Crippen molar-refractivity contribution in [2.75, 3.05) is 19.0 Å². The summed E-state index contributed by atoms with van der Waals surface area (Å²) in [4.78, 5) is 23.2. The molecule has 12 heteroatoms. The van der Waals surface area contributed by atoms with Crippen LogP contribution in [0.15, 0.2) is 82.4 Å². The highest BCUT2D eigenvalue weighted by atomic mass is 32.2. The molecule has 2 heterocycles. The number of nitrogens with zero attached hydrogens (tertiary/aromatic N) is 4. The minimum absolute atomic E-state index is 0.0127. The highest BCUT2D eigenvalue weighted by Crippen LogP contribution is 2.29. The van der Waals surface area contributed by atoms with Crippen LogP contribution in [-0.2, 0) is 33.5 Å². The Hall–Kier alpha value is -4.03. The fourth-order valence-corrected chi connectivity index (χ4v) is 5.35. The van der Waals surface area contributed by atoms with Crippen molar-refractivity contribution in [1.82, 2.24) is 14.9 Å². The zero-order chi connectivity index (χ0) is 29.1. The van der Waals surface area contributed by atoms with Gasteiger partial charge in [0.25, 0.3) is 0 Å². The van der Waals surface area contributed by atoms with Crippen LogP contribution in [0.25, 0.3) is 11.5 Å². The summed E-state index contributed by atoms with van der Waals surface area (Å²) in [7, 11) is 0.128. The van der Waals surface area contributed by atoms with Gasteiger partial charge in [0.2, 0.25) is 5.89 Å². The molecular formula is C28H27F3N4O4S. The number of aryl methyl sites for hydroxylation is 1. The molecule has 0 saturated heterocycles. The van der Waals surface area contributed by atoms with Gasteiger partial charge in [-0.2, -0.15) is 13.2 Å². The number of anilines is 1. The molecule has 8 nitrogen and oxygen atoms in total. The van der Waals surface area contributed by atoms with Crippen LogP contribution in [0.2, 0.25) is 0 Å². The third-order valence-electron chi connectivity index (χ3n) is 5.98. The molecule has 210 valence electrons. The van der Waals surface area contributed by atoms with Crippen LogP contribution in [0.1, 0.15) is 22.6 Å². The summed E-state index contributed by atoms with van der Waals surface area (Å²) >= 11 is 0. The second kappa shape index (κ2) is 11.6. The highest BCUT2D eigenvalue weighted by Gasteiger charge is 2.43.